The van der Waals surface area contributed by atoms with Gasteiger partial charge in [0.15, 0.2) is 0 Å². The average Bonchev–Trinajstić information content (AvgIpc) is 2.63. The van der Waals surface area contributed by atoms with Crippen LogP contribution in [0.25, 0.3) is 0 Å². The standard InChI is InChI=1S/C13H23N3OS/c1-12(2,3)10-15-11(18-16-10)14-9-6-7-17-13(4,5)8-9/h9H,6-8H2,1-5H3,(H,14,15,16). The third-order valence-electron chi connectivity index (χ3n) is 3.12. The van der Waals surface area contributed by atoms with Crippen molar-refractivity contribution in [1.82, 2.24) is 9.36 Å². The number of rotatable bonds is 2. The molecule has 0 saturated carbocycles. The maximum absolute atomic E-state index is 5.72. The van der Waals surface area contributed by atoms with Crippen molar-refractivity contribution in [2.75, 3.05) is 11.9 Å². The minimum atomic E-state index is -0.0343. The molecule has 4 nitrogen and oxygen atoms in total. The molecule has 1 aliphatic heterocycles. The fraction of sp³-hybridized carbons (Fsp3) is 0.846. The lowest BCUT2D eigenvalue weighted by Crippen LogP contribution is -2.40. The van der Waals surface area contributed by atoms with Gasteiger partial charge in [0.25, 0.3) is 0 Å². The highest BCUT2D eigenvalue weighted by Crippen LogP contribution is 2.28. The van der Waals surface area contributed by atoms with E-state index in [9.17, 15) is 0 Å². The Kier molecular flexibility index (Phi) is 3.65. The van der Waals surface area contributed by atoms with Gasteiger partial charge in [-0.05, 0) is 26.7 Å². The Labute approximate surface area is 113 Å². The summed E-state index contributed by atoms with van der Waals surface area (Å²) in [6.45, 7) is 11.5. The van der Waals surface area contributed by atoms with Crippen LogP contribution in [0, 0.1) is 0 Å². The third-order valence-corrected chi connectivity index (χ3v) is 3.77. The maximum Gasteiger partial charge on any atom is 0.202 e. The van der Waals surface area contributed by atoms with Crippen LogP contribution in [0.1, 0.15) is 53.3 Å². The largest absolute Gasteiger partial charge is 0.375 e. The summed E-state index contributed by atoms with van der Waals surface area (Å²) in [4.78, 5) is 4.58. The molecule has 0 bridgehead atoms. The van der Waals surface area contributed by atoms with Gasteiger partial charge in [-0.2, -0.15) is 4.37 Å². The molecule has 0 amide bonds. The first-order chi connectivity index (χ1) is 8.26. The molecular weight excluding hydrogens is 246 g/mol. The molecule has 2 heterocycles. The second-order valence-electron chi connectivity index (χ2n) is 6.62. The van der Waals surface area contributed by atoms with Crippen LogP contribution in [-0.4, -0.2) is 27.6 Å². The molecule has 1 fully saturated rings. The summed E-state index contributed by atoms with van der Waals surface area (Å²) in [5.74, 6) is 0.918. The number of nitrogens with one attached hydrogen (secondary N) is 1. The van der Waals surface area contributed by atoms with E-state index in [1.54, 1.807) is 0 Å². The predicted octanol–water partition coefficient (Wildman–Crippen LogP) is 3.21. The smallest absolute Gasteiger partial charge is 0.202 e. The summed E-state index contributed by atoms with van der Waals surface area (Å²) >= 11 is 1.46. The molecule has 0 aliphatic carbocycles. The van der Waals surface area contributed by atoms with Crippen LogP contribution < -0.4 is 5.32 Å². The van der Waals surface area contributed by atoms with Gasteiger partial charge in [0.2, 0.25) is 5.13 Å². The topological polar surface area (TPSA) is 47.0 Å². The highest BCUT2D eigenvalue weighted by atomic mass is 32.1. The fourth-order valence-electron chi connectivity index (χ4n) is 2.12. The first-order valence-electron chi connectivity index (χ1n) is 6.51. The first-order valence-corrected chi connectivity index (χ1v) is 7.28. The van der Waals surface area contributed by atoms with Crippen molar-refractivity contribution >= 4 is 16.7 Å². The molecule has 102 valence electrons. The normalized spacial score (nSPS) is 23.9. The number of hydrogen-bond acceptors (Lipinski definition) is 5. The van der Waals surface area contributed by atoms with Gasteiger partial charge < -0.3 is 10.1 Å². The van der Waals surface area contributed by atoms with Crippen LogP contribution in [0.4, 0.5) is 5.13 Å². The second kappa shape index (κ2) is 4.78. The molecule has 1 aromatic rings. The SMILES string of the molecule is CC1(C)CC(Nc2nc(C(C)(C)C)ns2)CCO1. The lowest BCUT2D eigenvalue weighted by molar-refractivity contribution is -0.0553. The average molecular weight is 269 g/mol. The van der Waals surface area contributed by atoms with Gasteiger partial charge in [-0.25, -0.2) is 4.98 Å². The number of ether oxygens (including phenoxy) is 1. The second-order valence-corrected chi connectivity index (χ2v) is 7.37. The van der Waals surface area contributed by atoms with Crippen LogP contribution in [0.5, 0.6) is 0 Å². The van der Waals surface area contributed by atoms with E-state index in [1.165, 1.54) is 11.5 Å². The van der Waals surface area contributed by atoms with Crippen LogP contribution in [0.15, 0.2) is 0 Å². The Bertz CT molecular complexity index is 409. The molecule has 1 saturated heterocycles. The van der Waals surface area contributed by atoms with E-state index in [0.717, 1.165) is 30.4 Å². The van der Waals surface area contributed by atoms with Gasteiger partial charge >= 0.3 is 0 Å². The van der Waals surface area contributed by atoms with E-state index in [4.69, 9.17) is 4.74 Å². The Morgan fingerprint density at radius 2 is 2.11 bits per heavy atom. The van der Waals surface area contributed by atoms with E-state index < -0.39 is 0 Å². The monoisotopic (exact) mass is 269 g/mol. The van der Waals surface area contributed by atoms with Crippen molar-refractivity contribution in [1.29, 1.82) is 0 Å². The van der Waals surface area contributed by atoms with Crippen molar-refractivity contribution in [3.63, 3.8) is 0 Å². The molecule has 1 aromatic heterocycles. The summed E-state index contributed by atoms with van der Waals surface area (Å²) in [6, 6.07) is 0.439. The van der Waals surface area contributed by atoms with Crippen molar-refractivity contribution in [3.05, 3.63) is 5.82 Å². The zero-order chi connectivity index (χ0) is 13.4. The molecule has 0 spiro atoms. The van der Waals surface area contributed by atoms with Crippen LogP contribution in [0.3, 0.4) is 0 Å². The Balaban J connectivity index is 1.99. The third kappa shape index (κ3) is 3.42. The zero-order valence-electron chi connectivity index (χ0n) is 11.9. The molecule has 5 heteroatoms. The van der Waals surface area contributed by atoms with Crippen molar-refractivity contribution in [3.8, 4) is 0 Å². The minimum absolute atomic E-state index is 0.0192. The summed E-state index contributed by atoms with van der Waals surface area (Å²) < 4.78 is 10.1. The summed E-state index contributed by atoms with van der Waals surface area (Å²) in [7, 11) is 0. The lowest BCUT2D eigenvalue weighted by atomic mass is 9.94. The quantitative estimate of drug-likeness (QED) is 0.895. The molecule has 2 rings (SSSR count). The highest BCUT2D eigenvalue weighted by Gasteiger charge is 2.29. The van der Waals surface area contributed by atoms with Gasteiger partial charge in [0.1, 0.15) is 5.82 Å². The molecule has 18 heavy (non-hydrogen) atoms. The maximum atomic E-state index is 5.72. The molecule has 1 N–H and O–H groups in total. The molecule has 1 aliphatic rings. The number of nitrogens with zero attached hydrogens (tertiary/aromatic N) is 2. The fourth-order valence-corrected chi connectivity index (χ4v) is 2.95. The van der Waals surface area contributed by atoms with E-state index in [-0.39, 0.29) is 11.0 Å². The molecule has 0 radical (unpaired) electrons. The number of hydrogen-bond donors (Lipinski definition) is 1. The summed E-state index contributed by atoms with van der Waals surface area (Å²) in [5, 5.41) is 4.43. The Morgan fingerprint density at radius 1 is 1.39 bits per heavy atom. The Morgan fingerprint density at radius 3 is 2.67 bits per heavy atom. The van der Waals surface area contributed by atoms with E-state index in [2.05, 4.69) is 49.3 Å². The zero-order valence-corrected chi connectivity index (χ0v) is 12.7. The first kappa shape index (κ1) is 13.7. The van der Waals surface area contributed by atoms with E-state index in [1.807, 2.05) is 0 Å². The van der Waals surface area contributed by atoms with Gasteiger partial charge in [-0.3, -0.25) is 0 Å². The van der Waals surface area contributed by atoms with Crippen molar-refractivity contribution < 1.29 is 4.74 Å². The van der Waals surface area contributed by atoms with Crippen molar-refractivity contribution in [2.45, 2.75) is 64.5 Å². The van der Waals surface area contributed by atoms with Gasteiger partial charge in [-0.15, -0.1) is 0 Å². The van der Waals surface area contributed by atoms with E-state index in [0.29, 0.717) is 6.04 Å². The predicted molar refractivity (Wildman–Crippen MR) is 75.3 cm³/mol. The highest BCUT2D eigenvalue weighted by molar-refractivity contribution is 7.09. The minimum Gasteiger partial charge on any atom is -0.375 e. The number of anilines is 1. The summed E-state index contributed by atoms with van der Waals surface area (Å²) in [6.07, 6.45) is 2.05. The van der Waals surface area contributed by atoms with Crippen LogP contribution in [0.2, 0.25) is 0 Å². The molecule has 0 aromatic carbocycles. The lowest BCUT2D eigenvalue weighted by Gasteiger charge is -2.35. The van der Waals surface area contributed by atoms with Crippen LogP contribution in [-0.2, 0) is 10.2 Å². The van der Waals surface area contributed by atoms with Crippen LogP contribution >= 0.6 is 11.5 Å². The summed E-state index contributed by atoms with van der Waals surface area (Å²) in [5.41, 5.74) is -0.0150. The number of aromatic nitrogens is 2. The van der Waals surface area contributed by atoms with Gasteiger partial charge in [0, 0.05) is 29.6 Å². The molecule has 1 atom stereocenters. The Hall–Kier alpha value is -0.680. The van der Waals surface area contributed by atoms with Gasteiger partial charge in [0.05, 0.1) is 5.60 Å². The van der Waals surface area contributed by atoms with E-state index >= 15 is 0 Å². The van der Waals surface area contributed by atoms with Crippen molar-refractivity contribution in [2.24, 2.45) is 0 Å². The molecular formula is C13H23N3OS. The molecule has 1 unspecified atom stereocenters. The van der Waals surface area contributed by atoms with Gasteiger partial charge in [-0.1, -0.05) is 20.8 Å².